The smallest absolute Gasteiger partial charge is 0.407 e. The molecule has 2 N–H and O–H groups in total. The number of aliphatic hydroxyl groups is 1. The highest BCUT2D eigenvalue weighted by Crippen LogP contribution is 2.31. The summed E-state index contributed by atoms with van der Waals surface area (Å²) < 4.78 is 11.1. The molecule has 0 bridgehead atoms. The maximum absolute atomic E-state index is 11.7. The number of aryl methyl sites for hydroxylation is 1. The van der Waals surface area contributed by atoms with Gasteiger partial charge in [-0.25, -0.2) is 4.79 Å². The first kappa shape index (κ1) is 17.6. The molecular weight excluding hydrogens is 294 g/mol. The van der Waals surface area contributed by atoms with Gasteiger partial charge in [-0.1, -0.05) is 17.7 Å². The van der Waals surface area contributed by atoms with Crippen LogP contribution in [0, 0.1) is 12.8 Å². The Morgan fingerprint density at radius 2 is 2.22 bits per heavy atom. The number of fused-ring (bicyclic) bond motifs is 1. The fourth-order valence-electron chi connectivity index (χ4n) is 2.72. The molecule has 23 heavy (non-hydrogen) atoms. The summed E-state index contributed by atoms with van der Waals surface area (Å²) in [5.41, 5.74) is 1.91. The van der Waals surface area contributed by atoms with Crippen molar-refractivity contribution >= 4 is 6.09 Å². The molecule has 1 aromatic rings. The number of nitrogens with one attached hydrogen (secondary N) is 1. The van der Waals surface area contributed by atoms with Gasteiger partial charge in [-0.2, -0.15) is 0 Å². The standard InChI is InChI=1S/C18H27NO4/c1-12-5-6-16-14(7-12)9-15(22-16)8-13(11-20)10-19-17(21)23-18(2,3)4/h5-7,13,15,20H,8-11H2,1-4H3,(H,19,21). The summed E-state index contributed by atoms with van der Waals surface area (Å²) in [6.07, 6.45) is 1.13. The van der Waals surface area contributed by atoms with Crippen molar-refractivity contribution in [2.24, 2.45) is 5.92 Å². The molecule has 0 saturated heterocycles. The largest absolute Gasteiger partial charge is 0.490 e. The van der Waals surface area contributed by atoms with Crippen molar-refractivity contribution in [3.8, 4) is 5.75 Å². The van der Waals surface area contributed by atoms with Gasteiger partial charge in [0.1, 0.15) is 17.5 Å². The van der Waals surface area contributed by atoms with Gasteiger partial charge in [-0.3, -0.25) is 0 Å². The Morgan fingerprint density at radius 1 is 1.48 bits per heavy atom. The average Bonchev–Trinajstić information content (AvgIpc) is 2.82. The van der Waals surface area contributed by atoms with Gasteiger partial charge < -0.3 is 19.9 Å². The summed E-state index contributed by atoms with van der Waals surface area (Å²) in [5, 5.41) is 12.3. The normalized spacial score (nSPS) is 18.0. The molecule has 1 aliphatic rings. The highest BCUT2D eigenvalue weighted by atomic mass is 16.6. The maximum Gasteiger partial charge on any atom is 0.407 e. The van der Waals surface area contributed by atoms with E-state index in [1.807, 2.05) is 32.9 Å². The summed E-state index contributed by atoms with van der Waals surface area (Å²) in [6, 6.07) is 6.18. The lowest BCUT2D eigenvalue weighted by molar-refractivity contribution is 0.0503. The zero-order valence-corrected chi connectivity index (χ0v) is 14.4. The van der Waals surface area contributed by atoms with Crippen LogP contribution >= 0.6 is 0 Å². The third kappa shape index (κ3) is 5.43. The molecule has 2 unspecified atom stereocenters. The van der Waals surface area contributed by atoms with Crippen molar-refractivity contribution in [3.63, 3.8) is 0 Å². The van der Waals surface area contributed by atoms with E-state index in [1.165, 1.54) is 11.1 Å². The molecule has 128 valence electrons. The Hall–Kier alpha value is -1.75. The summed E-state index contributed by atoms with van der Waals surface area (Å²) >= 11 is 0. The number of hydrogen-bond donors (Lipinski definition) is 2. The number of rotatable bonds is 5. The van der Waals surface area contributed by atoms with Crippen LogP contribution in [0.1, 0.15) is 38.3 Å². The number of amides is 1. The highest BCUT2D eigenvalue weighted by molar-refractivity contribution is 5.67. The monoisotopic (exact) mass is 321 g/mol. The van der Waals surface area contributed by atoms with Crippen molar-refractivity contribution in [1.29, 1.82) is 0 Å². The molecular formula is C18H27NO4. The Morgan fingerprint density at radius 3 is 2.87 bits per heavy atom. The minimum absolute atomic E-state index is 0.00499. The van der Waals surface area contributed by atoms with Gasteiger partial charge in [-0.05, 0) is 45.7 Å². The van der Waals surface area contributed by atoms with Crippen LogP contribution in [0.15, 0.2) is 18.2 Å². The molecule has 2 rings (SSSR count). The minimum atomic E-state index is -0.521. The summed E-state index contributed by atoms with van der Waals surface area (Å²) in [7, 11) is 0. The van der Waals surface area contributed by atoms with Crippen molar-refractivity contribution < 1.29 is 19.4 Å². The summed E-state index contributed by atoms with van der Waals surface area (Å²) in [6.45, 7) is 7.91. The number of alkyl carbamates (subject to hydrolysis) is 1. The molecule has 5 heteroatoms. The second kappa shape index (κ2) is 7.21. The van der Waals surface area contributed by atoms with Crippen LogP contribution in [-0.2, 0) is 11.2 Å². The molecule has 0 aliphatic carbocycles. The van der Waals surface area contributed by atoms with Crippen LogP contribution in [0.2, 0.25) is 0 Å². The Balaban J connectivity index is 1.81. The topological polar surface area (TPSA) is 67.8 Å². The van der Waals surface area contributed by atoms with Crippen molar-refractivity contribution in [3.05, 3.63) is 29.3 Å². The number of ether oxygens (including phenoxy) is 2. The zero-order valence-electron chi connectivity index (χ0n) is 14.4. The lowest BCUT2D eigenvalue weighted by atomic mass is 9.98. The Kier molecular flexibility index (Phi) is 5.52. The number of carbonyl (C=O) groups is 1. The Bertz CT molecular complexity index is 550. The van der Waals surface area contributed by atoms with E-state index in [-0.39, 0.29) is 18.6 Å². The number of benzene rings is 1. The fraction of sp³-hybridized carbons (Fsp3) is 0.611. The van der Waals surface area contributed by atoms with E-state index in [2.05, 4.69) is 18.3 Å². The van der Waals surface area contributed by atoms with Gasteiger partial charge in [0.25, 0.3) is 0 Å². The van der Waals surface area contributed by atoms with Crippen LogP contribution in [0.3, 0.4) is 0 Å². The summed E-state index contributed by atoms with van der Waals surface area (Å²) in [4.78, 5) is 11.7. The Labute approximate surface area is 138 Å². The van der Waals surface area contributed by atoms with E-state index >= 15 is 0 Å². The SMILES string of the molecule is Cc1ccc2c(c1)CC(CC(CO)CNC(=O)OC(C)(C)C)O2. The minimum Gasteiger partial charge on any atom is -0.490 e. The molecule has 1 amide bonds. The lowest BCUT2D eigenvalue weighted by Crippen LogP contribution is -2.37. The van der Waals surface area contributed by atoms with Crippen LogP contribution < -0.4 is 10.1 Å². The van der Waals surface area contributed by atoms with E-state index in [0.29, 0.717) is 13.0 Å². The molecule has 1 aliphatic heterocycles. The molecule has 1 aromatic carbocycles. The molecule has 2 atom stereocenters. The second-order valence-corrected chi connectivity index (χ2v) is 7.22. The van der Waals surface area contributed by atoms with Gasteiger partial charge in [0.05, 0.1) is 0 Å². The van der Waals surface area contributed by atoms with Crippen molar-refractivity contribution in [2.75, 3.05) is 13.2 Å². The second-order valence-electron chi connectivity index (χ2n) is 7.22. The first-order valence-corrected chi connectivity index (χ1v) is 8.10. The summed E-state index contributed by atoms with van der Waals surface area (Å²) in [5.74, 6) is 0.875. The average molecular weight is 321 g/mol. The molecule has 0 radical (unpaired) electrons. The van der Waals surface area contributed by atoms with Crippen molar-refractivity contribution in [1.82, 2.24) is 5.32 Å². The third-order valence-electron chi connectivity index (χ3n) is 3.75. The molecule has 0 saturated carbocycles. The zero-order chi connectivity index (χ0) is 17.0. The fourth-order valence-corrected chi connectivity index (χ4v) is 2.72. The molecule has 0 aromatic heterocycles. The maximum atomic E-state index is 11.7. The number of hydrogen-bond acceptors (Lipinski definition) is 4. The first-order valence-electron chi connectivity index (χ1n) is 8.10. The lowest BCUT2D eigenvalue weighted by Gasteiger charge is -2.22. The van der Waals surface area contributed by atoms with Crippen LogP contribution in [-0.4, -0.2) is 36.1 Å². The predicted molar refractivity (Wildman–Crippen MR) is 88.7 cm³/mol. The van der Waals surface area contributed by atoms with Crippen LogP contribution in [0.5, 0.6) is 5.75 Å². The number of aliphatic hydroxyl groups excluding tert-OH is 1. The highest BCUT2D eigenvalue weighted by Gasteiger charge is 2.26. The third-order valence-corrected chi connectivity index (χ3v) is 3.75. The van der Waals surface area contributed by atoms with E-state index in [9.17, 15) is 9.90 Å². The van der Waals surface area contributed by atoms with E-state index in [1.54, 1.807) is 0 Å². The molecule has 1 heterocycles. The van der Waals surface area contributed by atoms with Gasteiger partial charge in [-0.15, -0.1) is 0 Å². The van der Waals surface area contributed by atoms with Gasteiger partial charge >= 0.3 is 6.09 Å². The van der Waals surface area contributed by atoms with Crippen LogP contribution in [0.25, 0.3) is 0 Å². The van der Waals surface area contributed by atoms with Crippen LogP contribution in [0.4, 0.5) is 4.79 Å². The van der Waals surface area contributed by atoms with Gasteiger partial charge in [0, 0.05) is 25.5 Å². The number of carbonyl (C=O) groups excluding carboxylic acids is 1. The molecule has 5 nitrogen and oxygen atoms in total. The van der Waals surface area contributed by atoms with Gasteiger partial charge in [0.2, 0.25) is 0 Å². The molecule has 0 spiro atoms. The molecule has 0 fully saturated rings. The van der Waals surface area contributed by atoms with Crippen molar-refractivity contribution in [2.45, 2.75) is 52.2 Å². The van der Waals surface area contributed by atoms with E-state index in [0.717, 1.165) is 12.2 Å². The predicted octanol–water partition coefficient (Wildman–Crippen LogP) is 2.82. The van der Waals surface area contributed by atoms with E-state index < -0.39 is 11.7 Å². The van der Waals surface area contributed by atoms with E-state index in [4.69, 9.17) is 9.47 Å². The first-order chi connectivity index (χ1) is 10.8. The van der Waals surface area contributed by atoms with Gasteiger partial charge in [0.15, 0.2) is 0 Å². The quantitative estimate of drug-likeness (QED) is 0.875.